The summed E-state index contributed by atoms with van der Waals surface area (Å²) in [7, 11) is 0. The van der Waals surface area contributed by atoms with Gasteiger partial charge in [-0.25, -0.2) is 0 Å². The van der Waals surface area contributed by atoms with Gasteiger partial charge in [-0.1, -0.05) is 53.2 Å². The predicted molar refractivity (Wildman–Crippen MR) is 138 cm³/mol. The molecule has 1 saturated heterocycles. The van der Waals surface area contributed by atoms with Crippen LogP contribution in [0.4, 0.5) is 0 Å². The molecule has 4 saturated carbocycles. The second-order valence-corrected chi connectivity index (χ2v) is 15.3. The van der Waals surface area contributed by atoms with E-state index < -0.39 is 17.0 Å². The topological polar surface area (TPSA) is 76.0 Å². The third kappa shape index (κ3) is 2.76. The van der Waals surface area contributed by atoms with Crippen LogP contribution in [0, 0.1) is 50.7 Å². The van der Waals surface area contributed by atoms with Crippen LogP contribution in [-0.4, -0.2) is 40.8 Å². The fourth-order valence-electron chi connectivity index (χ4n) is 11.6. The predicted octanol–water partition coefficient (Wildman–Crippen LogP) is 6.19. The minimum atomic E-state index is -1.01. The first-order valence-corrected chi connectivity index (χ1v) is 14.6. The van der Waals surface area contributed by atoms with Gasteiger partial charge in [0.1, 0.15) is 6.79 Å². The molecule has 0 radical (unpaired) electrons. The summed E-state index contributed by atoms with van der Waals surface area (Å²) >= 11 is 0. The molecule has 5 fully saturated rings. The lowest BCUT2D eigenvalue weighted by Crippen LogP contribution is -2.68. The molecule has 5 nitrogen and oxygen atoms in total. The van der Waals surface area contributed by atoms with E-state index in [9.17, 15) is 15.0 Å². The van der Waals surface area contributed by atoms with E-state index in [4.69, 9.17) is 9.47 Å². The van der Waals surface area contributed by atoms with Gasteiger partial charge < -0.3 is 19.7 Å². The van der Waals surface area contributed by atoms with E-state index in [1.807, 2.05) is 6.92 Å². The summed E-state index contributed by atoms with van der Waals surface area (Å²) in [6.07, 6.45) is 10.1. The van der Waals surface area contributed by atoms with Gasteiger partial charge in [-0.05, 0) is 97.7 Å². The minimum absolute atomic E-state index is 0.0616. The van der Waals surface area contributed by atoms with Crippen molar-refractivity contribution in [2.45, 2.75) is 118 Å². The Kier molecular flexibility index (Phi) is 5.21. The lowest BCUT2D eigenvalue weighted by molar-refractivity contribution is -0.222. The molecule has 0 aromatic rings. The van der Waals surface area contributed by atoms with Gasteiger partial charge in [0.05, 0.1) is 23.2 Å². The monoisotopic (exact) mass is 500 g/mol. The van der Waals surface area contributed by atoms with Crippen LogP contribution in [0.5, 0.6) is 0 Å². The van der Waals surface area contributed by atoms with E-state index in [-0.39, 0.29) is 45.7 Å². The van der Waals surface area contributed by atoms with Crippen LogP contribution < -0.4 is 0 Å². The van der Waals surface area contributed by atoms with Gasteiger partial charge in [-0.3, -0.25) is 4.79 Å². The van der Waals surface area contributed by atoms with E-state index >= 15 is 0 Å². The number of carbonyl (C=O) groups is 1. The van der Waals surface area contributed by atoms with Crippen molar-refractivity contribution in [3.05, 3.63) is 11.6 Å². The number of hydrogen-bond acceptors (Lipinski definition) is 4. The van der Waals surface area contributed by atoms with Crippen LogP contribution >= 0.6 is 0 Å². The molecule has 0 aromatic heterocycles. The molecule has 0 bridgehead atoms. The average molecular weight is 501 g/mol. The Labute approximate surface area is 217 Å². The summed E-state index contributed by atoms with van der Waals surface area (Å²) in [4.78, 5) is 12.9. The van der Waals surface area contributed by atoms with Gasteiger partial charge in [-0.2, -0.15) is 0 Å². The van der Waals surface area contributed by atoms with Gasteiger partial charge >= 0.3 is 5.97 Å². The summed E-state index contributed by atoms with van der Waals surface area (Å²) in [6.45, 7) is 16.7. The van der Waals surface area contributed by atoms with Crippen LogP contribution in [0.2, 0.25) is 0 Å². The molecule has 1 aliphatic heterocycles. The number of carboxylic acids is 1. The molecule has 5 aliphatic carbocycles. The molecule has 11 unspecified atom stereocenters. The number of carboxylic acid groups (broad SMARTS) is 1. The zero-order valence-electron chi connectivity index (χ0n) is 23.5. The first-order valence-electron chi connectivity index (χ1n) is 14.6. The second-order valence-electron chi connectivity index (χ2n) is 15.3. The standard InChI is InChI=1S/C31H48O5/c1-18-10-13-31(25(32)33)15-14-28(5)19(23(31)30(18,7)34)8-9-22-27(4)16-20-24(36-17-35-20)26(2,3)21(27)11-12-29(22,28)6/h8,18,20-24,34H,9-17H2,1-7H3,(H,32,33). The molecule has 1 heterocycles. The molecule has 36 heavy (non-hydrogen) atoms. The molecule has 11 atom stereocenters. The molecule has 0 amide bonds. The molecule has 5 heteroatoms. The van der Waals surface area contributed by atoms with Crippen molar-refractivity contribution < 1.29 is 24.5 Å². The fourth-order valence-corrected chi connectivity index (χ4v) is 11.6. The molecule has 0 spiro atoms. The van der Waals surface area contributed by atoms with Crippen molar-refractivity contribution in [1.29, 1.82) is 0 Å². The zero-order valence-corrected chi connectivity index (χ0v) is 23.5. The van der Waals surface area contributed by atoms with E-state index in [1.165, 1.54) is 12.0 Å². The van der Waals surface area contributed by atoms with Gasteiger partial charge in [-0.15, -0.1) is 0 Å². The summed E-state index contributed by atoms with van der Waals surface area (Å²) in [6, 6.07) is 0. The third-order valence-electron chi connectivity index (χ3n) is 13.9. The molecular weight excluding hydrogens is 452 g/mol. The summed E-state index contributed by atoms with van der Waals surface area (Å²) < 4.78 is 12.3. The maximum atomic E-state index is 12.9. The van der Waals surface area contributed by atoms with Crippen molar-refractivity contribution in [2.24, 2.45) is 50.7 Å². The highest BCUT2D eigenvalue weighted by molar-refractivity contribution is 5.77. The van der Waals surface area contributed by atoms with Gasteiger partial charge in [0.25, 0.3) is 0 Å². The Morgan fingerprint density at radius 1 is 0.972 bits per heavy atom. The first-order chi connectivity index (χ1) is 16.7. The Bertz CT molecular complexity index is 999. The molecular formula is C31H48O5. The van der Waals surface area contributed by atoms with Crippen LogP contribution in [0.1, 0.15) is 99.8 Å². The number of aliphatic carboxylic acids is 1. The SMILES string of the molecule is CC1CCC2(C(=O)O)CCC3(C)C(=CCC4C5(C)CC6OCOC6C(C)(C)C5CCC43C)C2C1(C)O. The Hall–Kier alpha value is -0.910. The number of hydrogen-bond donors (Lipinski definition) is 2. The van der Waals surface area contributed by atoms with Crippen LogP contribution in [0.15, 0.2) is 11.6 Å². The van der Waals surface area contributed by atoms with Crippen molar-refractivity contribution in [1.82, 2.24) is 0 Å². The normalized spacial score (nSPS) is 57.4. The lowest BCUT2D eigenvalue weighted by Gasteiger charge is -2.72. The Morgan fingerprint density at radius 2 is 1.69 bits per heavy atom. The largest absolute Gasteiger partial charge is 0.481 e. The smallest absolute Gasteiger partial charge is 0.310 e. The summed E-state index contributed by atoms with van der Waals surface area (Å²) in [5.74, 6) is 0.151. The number of allylic oxidation sites excluding steroid dienone is 1. The molecule has 0 aromatic carbocycles. The van der Waals surface area contributed by atoms with E-state index in [0.29, 0.717) is 31.5 Å². The first kappa shape index (κ1) is 25.4. The number of aliphatic hydroxyl groups is 1. The summed E-state index contributed by atoms with van der Waals surface area (Å²) in [5, 5.41) is 22.5. The summed E-state index contributed by atoms with van der Waals surface area (Å²) in [5.41, 5.74) is -0.436. The number of rotatable bonds is 1. The number of ether oxygens (including phenoxy) is 2. The molecule has 202 valence electrons. The van der Waals surface area contributed by atoms with Crippen molar-refractivity contribution in [2.75, 3.05) is 6.79 Å². The van der Waals surface area contributed by atoms with Crippen LogP contribution in [-0.2, 0) is 14.3 Å². The van der Waals surface area contributed by atoms with Gasteiger partial charge in [0.15, 0.2) is 0 Å². The quantitative estimate of drug-likeness (QED) is 0.420. The van der Waals surface area contributed by atoms with Gasteiger partial charge in [0.2, 0.25) is 0 Å². The fraction of sp³-hybridized carbons (Fsp3) is 0.903. The van der Waals surface area contributed by atoms with Crippen LogP contribution in [0.3, 0.4) is 0 Å². The van der Waals surface area contributed by atoms with E-state index in [0.717, 1.165) is 32.1 Å². The van der Waals surface area contributed by atoms with Crippen molar-refractivity contribution >= 4 is 5.97 Å². The molecule has 6 rings (SSSR count). The average Bonchev–Trinajstić information content (AvgIpc) is 3.25. The third-order valence-corrected chi connectivity index (χ3v) is 13.9. The van der Waals surface area contributed by atoms with E-state index in [2.05, 4.69) is 47.6 Å². The molecule has 2 N–H and O–H groups in total. The van der Waals surface area contributed by atoms with Gasteiger partial charge in [0, 0.05) is 5.92 Å². The Balaban J connectivity index is 1.47. The highest BCUT2D eigenvalue weighted by Gasteiger charge is 2.72. The maximum Gasteiger partial charge on any atom is 0.310 e. The highest BCUT2D eigenvalue weighted by atomic mass is 16.7. The van der Waals surface area contributed by atoms with Crippen LogP contribution in [0.25, 0.3) is 0 Å². The Morgan fingerprint density at radius 3 is 2.39 bits per heavy atom. The minimum Gasteiger partial charge on any atom is -0.481 e. The van der Waals surface area contributed by atoms with Crippen molar-refractivity contribution in [3.8, 4) is 0 Å². The maximum absolute atomic E-state index is 12.9. The lowest BCUT2D eigenvalue weighted by atomic mass is 9.33. The van der Waals surface area contributed by atoms with Crippen molar-refractivity contribution in [3.63, 3.8) is 0 Å². The second kappa shape index (κ2) is 7.39. The zero-order chi connectivity index (χ0) is 26.1. The molecule has 6 aliphatic rings. The number of fused-ring (bicyclic) bond motifs is 8. The van der Waals surface area contributed by atoms with E-state index in [1.54, 1.807) is 0 Å². The highest BCUT2D eigenvalue weighted by Crippen LogP contribution is 2.76.